The van der Waals surface area contributed by atoms with Crippen LogP contribution in [-0.2, 0) is 0 Å². The molecule has 4 aromatic rings. The summed E-state index contributed by atoms with van der Waals surface area (Å²) in [4.78, 5) is 12.3. The summed E-state index contributed by atoms with van der Waals surface area (Å²) >= 11 is 0. The number of hydrogen-bond donors (Lipinski definition) is 3. The molecule has 0 amide bonds. The van der Waals surface area contributed by atoms with Crippen molar-refractivity contribution in [3.05, 3.63) is 54.9 Å². The lowest BCUT2D eigenvalue weighted by atomic mass is 10.1. The van der Waals surface area contributed by atoms with Gasteiger partial charge in [0.05, 0.1) is 11.4 Å². The second-order valence-corrected chi connectivity index (χ2v) is 5.50. The Morgan fingerprint density at radius 2 is 2.00 bits per heavy atom. The molecule has 0 aliphatic rings. The van der Waals surface area contributed by atoms with E-state index in [2.05, 4.69) is 26.3 Å². The first-order valence-corrected chi connectivity index (χ1v) is 7.35. The Labute approximate surface area is 132 Å². The van der Waals surface area contributed by atoms with Crippen molar-refractivity contribution in [3.63, 3.8) is 0 Å². The number of H-pyrrole nitrogens is 1. The third kappa shape index (κ3) is 2.53. The third-order valence-electron chi connectivity index (χ3n) is 3.72. The number of aromatic nitrogens is 3. The number of fused-ring (bicyclic) bond motifs is 2. The average Bonchev–Trinajstić information content (AvgIpc) is 3.01. The highest BCUT2D eigenvalue weighted by Crippen LogP contribution is 2.24. The zero-order valence-corrected chi connectivity index (χ0v) is 12.6. The van der Waals surface area contributed by atoms with Gasteiger partial charge in [0, 0.05) is 39.9 Å². The zero-order chi connectivity index (χ0) is 15.8. The first-order valence-electron chi connectivity index (χ1n) is 7.35. The summed E-state index contributed by atoms with van der Waals surface area (Å²) < 4.78 is 0. The van der Waals surface area contributed by atoms with Crippen molar-refractivity contribution < 1.29 is 0 Å². The van der Waals surface area contributed by atoms with Crippen LogP contribution in [0.1, 0.15) is 6.92 Å². The highest BCUT2D eigenvalue weighted by Gasteiger charge is 2.06. The molecule has 0 spiro atoms. The molecule has 2 aromatic heterocycles. The molecule has 0 aliphatic heterocycles. The van der Waals surface area contributed by atoms with Gasteiger partial charge in [-0.3, -0.25) is 5.41 Å². The van der Waals surface area contributed by atoms with Crippen molar-refractivity contribution in [2.75, 3.05) is 5.32 Å². The van der Waals surface area contributed by atoms with Crippen LogP contribution < -0.4 is 5.32 Å². The fourth-order valence-corrected chi connectivity index (χ4v) is 2.66. The molecule has 5 heteroatoms. The van der Waals surface area contributed by atoms with E-state index in [9.17, 15) is 0 Å². The van der Waals surface area contributed by atoms with Gasteiger partial charge in [0.1, 0.15) is 0 Å². The number of amidine groups is 1. The van der Waals surface area contributed by atoms with Gasteiger partial charge in [-0.05, 0) is 49.4 Å². The quantitative estimate of drug-likeness (QED) is 0.384. The van der Waals surface area contributed by atoms with E-state index >= 15 is 0 Å². The Hall–Kier alpha value is -3.21. The van der Waals surface area contributed by atoms with Gasteiger partial charge >= 0.3 is 0 Å². The molecule has 2 aromatic carbocycles. The largest absolute Gasteiger partial charge is 0.361 e. The van der Waals surface area contributed by atoms with E-state index in [4.69, 9.17) is 5.41 Å². The Balaban J connectivity index is 1.77. The number of anilines is 1. The molecule has 0 atom stereocenters. The van der Waals surface area contributed by atoms with Gasteiger partial charge in [-0.15, -0.1) is 0 Å². The molecule has 0 radical (unpaired) electrons. The summed E-state index contributed by atoms with van der Waals surface area (Å²) in [7, 11) is 0. The molecule has 0 saturated heterocycles. The van der Waals surface area contributed by atoms with Crippen molar-refractivity contribution in [2.24, 2.45) is 0 Å². The zero-order valence-electron chi connectivity index (χ0n) is 12.6. The molecule has 4 rings (SSSR count). The van der Waals surface area contributed by atoms with Gasteiger partial charge in [-0.25, -0.2) is 9.97 Å². The van der Waals surface area contributed by atoms with Crippen LogP contribution in [0.3, 0.4) is 0 Å². The minimum absolute atomic E-state index is 0.404. The van der Waals surface area contributed by atoms with E-state index in [1.807, 2.05) is 48.8 Å². The molecule has 112 valence electrons. The number of benzene rings is 2. The highest BCUT2D eigenvalue weighted by atomic mass is 14.9. The van der Waals surface area contributed by atoms with Crippen molar-refractivity contribution in [1.82, 2.24) is 15.0 Å². The first kappa shape index (κ1) is 13.5. The molecule has 23 heavy (non-hydrogen) atoms. The van der Waals surface area contributed by atoms with Gasteiger partial charge in [0.15, 0.2) is 5.82 Å². The van der Waals surface area contributed by atoms with Crippen LogP contribution in [-0.4, -0.2) is 20.8 Å². The van der Waals surface area contributed by atoms with Crippen LogP contribution >= 0.6 is 0 Å². The first-order chi connectivity index (χ1) is 11.2. The smallest absolute Gasteiger partial charge is 0.159 e. The van der Waals surface area contributed by atoms with Crippen molar-refractivity contribution in [2.45, 2.75) is 6.92 Å². The Morgan fingerprint density at radius 1 is 1.09 bits per heavy atom. The molecule has 5 nitrogen and oxygen atoms in total. The van der Waals surface area contributed by atoms with E-state index in [1.165, 1.54) is 0 Å². The molecule has 2 heterocycles. The maximum atomic E-state index is 7.49. The summed E-state index contributed by atoms with van der Waals surface area (Å²) in [5, 5.41) is 12.6. The van der Waals surface area contributed by atoms with Crippen molar-refractivity contribution in [1.29, 1.82) is 5.41 Å². The predicted octanol–water partition coefficient (Wildman–Crippen LogP) is 4.19. The normalized spacial score (nSPS) is 11.0. The molecule has 0 saturated carbocycles. The number of nitrogens with one attached hydrogen (secondary N) is 3. The van der Waals surface area contributed by atoms with Crippen LogP contribution in [0.2, 0.25) is 0 Å². The summed E-state index contributed by atoms with van der Waals surface area (Å²) in [6, 6.07) is 14.0. The Kier molecular flexibility index (Phi) is 3.05. The molecule has 0 fully saturated rings. The number of nitrogens with zero attached hydrogens (tertiary/aromatic N) is 2. The number of hydrogen-bond acceptors (Lipinski definition) is 3. The van der Waals surface area contributed by atoms with Crippen LogP contribution in [0, 0.1) is 5.41 Å². The van der Waals surface area contributed by atoms with Crippen LogP contribution in [0.15, 0.2) is 54.9 Å². The Morgan fingerprint density at radius 3 is 2.87 bits per heavy atom. The standard InChI is InChI=1S/C18H15N5/c1-11(19)22-15-3-5-17-14(9-15)10-21-18(23-17)13-2-4-16-12(8-13)6-7-20-16/h2-10,20H,1H3,(H2,19,22). The molecule has 0 bridgehead atoms. The van der Waals surface area contributed by atoms with E-state index < -0.39 is 0 Å². The lowest BCUT2D eigenvalue weighted by molar-refractivity contribution is 1.23. The SMILES string of the molecule is CC(=N)Nc1ccc2nc(-c3ccc4[nH]ccc4c3)ncc2c1. The minimum Gasteiger partial charge on any atom is -0.361 e. The van der Waals surface area contributed by atoms with Crippen LogP contribution in [0.25, 0.3) is 33.2 Å². The van der Waals surface area contributed by atoms with Crippen molar-refractivity contribution >= 4 is 33.3 Å². The second kappa shape index (κ2) is 5.21. The number of aromatic amines is 1. The van der Waals surface area contributed by atoms with Gasteiger partial charge < -0.3 is 10.3 Å². The summed E-state index contributed by atoms with van der Waals surface area (Å²) in [6.07, 6.45) is 3.75. The third-order valence-corrected chi connectivity index (χ3v) is 3.72. The van der Waals surface area contributed by atoms with Gasteiger partial charge in [-0.2, -0.15) is 0 Å². The monoisotopic (exact) mass is 301 g/mol. The van der Waals surface area contributed by atoms with Gasteiger partial charge in [0.25, 0.3) is 0 Å². The fourth-order valence-electron chi connectivity index (χ4n) is 2.66. The van der Waals surface area contributed by atoms with E-state index in [1.54, 1.807) is 6.92 Å². The number of rotatable bonds is 2. The van der Waals surface area contributed by atoms with Crippen LogP contribution in [0.5, 0.6) is 0 Å². The van der Waals surface area contributed by atoms with Crippen molar-refractivity contribution in [3.8, 4) is 11.4 Å². The molecule has 0 unspecified atom stereocenters. The summed E-state index contributed by atoms with van der Waals surface area (Å²) in [5.41, 5.74) is 3.86. The maximum Gasteiger partial charge on any atom is 0.159 e. The maximum absolute atomic E-state index is 7.49. The molecular weight excluding hydrogens is 286 g/mol. The Bertz CT molecular complexity index is 1030. The van der Waals surface area contributed by atoms with E-state index in [0.29, 0.717) is 11.7 Å². The highest BCUT2D eigenvalue weighted by molar-refractivity contribution is 5.94. The lowest BCUT2D eigenvalue weighted by Crippen LogP contribution is -2.04. The van der Waals surface area contributed by atoms with Gasteiger partial charge in [-0.1, -0.05) is 0 Å². The molecule has 3 N–H and O–H groups in total. The predicted molar refractivity (Wildman–Crippen MR) is 93.9 cm³/mol. The van der Waals surface area contributed by atoms with E-state index in [0.717, 1.165) is 33.1 Å². The topological polar surface area (TPSA) is 77.5 Å². The lowest BCUT2D eigenvalue weighted by Gasteiger charge is -2.06. The molecular formula is C18H15N5. The average molecular weight is 301 g/mol. The molecule has 0 aliphatic carbocycles. The summed E-state index contributed by atoms with van der Waals surface area (Å²) in [6.45, 7) is 1.71. The minimum atomic E-state index is 0.404. The summed E-state index contributed by atoms with van der Waals surface area (Å²) in [5.74, 6) is 1.12. The van der Waals surface area contributed by atoms with Gasteiger partial charge in [0.2, 0.25) is 0 Å². The fraction of sp³-hybridized carbons (Fsp3) is 0.0556. The second-order valence-electron chi connectivity index (χ2n) is 5.50. The van der Waals surface area contributed by atoms with Crippen LogP contribution in [0.4, 0.5) is 5.69 Å². The van der Waals surface area contributed by atoms with E-state index in [-0.39, 0.29) is 0 Å².